The van der Waals surface area contributed by atoms with Gasteiger partial charge in [-0.15, -0.1) is 12.4 Å². The fourth-order valence-electron chi connectivity index (χ4n) is 1.48. The molecule has 0 aliphatic carbocycles. The highest BCUT2D eigenvalue weighted by Crippen LogP contribution is 2.21. The minimum absolute atomic E-state index is 0. The van der Waals surface area contributed by atoms with Gasteiger partial charge in [-0.2, -0.15) is 5.10 Å². The van der Waals surface area contributed by atoms with E-state index < -0.39 is 11.8 Å². The highest BCUT2D eigenvalue weighted by atomic mass is 35.5. The van der Waals surface area contributed by atoms with Crippen LogP contribution < -0.4 is 5.73 Å². The van der Waals surface area contributed by atoms with E-state index in [9.17, 15) is 9.18 Å². The Morgan fingerprint density at radius 3 is 2.67 bits per heavy atom. The second-order valence-electron chi connectivity index (χ2n) is 3.66. The fourth-order valence-corrected chi connectivity index (χ4v) is 1.48. The maximum Gasteiger partial charge on any atom is 0.337 e. The lowest BCUT2D eigenvalue weighted by Gasteiger charge is -2.07. The van der Waals surface area contributed by atoms with E-state index >= 15 is 0 Å². The molecule has 0 unspecified atom stereocenters. The van der Waals surface area contributed by atoms with E-state index in [-0.39, 0.29) is 29.3 Å². The molecule has 96 valence electrons. The summed E-state index contributed by atoms with van der Waals surface area (Å²) in [6, 6.07) is 2.15. The molecule has 0 bridgehead atoms. The number of aryl methyl sites for hydroxylation is 1. The summed E-state index contributed by atoms with van der Waals surface area (Å²) in [5.74, 6) is -1.82. The number of halogens is 2. The molecule has 2 rings (SSSR count). The number of carboxylic acids is 1. The first-order chi connectivity index (χ1) is 7.99. The Kier molecular flexibility index (Phi) is 3.93. The molecule has 3 N–H and O–H groups in total. The number of carbonyl (C=O) groups is 1. The van der Waals surface area contributed by atoms with Gasteiger partial charge in [0.1, 0.15) is 5.69 Å². The third-order valence-corrected chi connectivity index (χ3v) is 2.31. The average molecular weight is 272 g/mol. The number of nitrogens with two attached hydrogens (primary N) is 1. The minimum Gasteiger partial charge on any atom is -0.478 e. The van der Waals surface area contributed by atoms with Crippen molar-refractivity contribution in [1.29, 1.82) is 0 Å². The largest absolute Gasteiger partial charge is 0.478 e. The Morgan fingerprint density at radius 1 is 1.50 bits per heavy atom. The van der Waals surface area contributed by atoms with Gasteiger partial charge in [0.25, 0.3) is 0 Å². The molecule has 0 saturated carbocycles. The summed E-state index contributed by atoms with van der Waals surface area (Å²) in [4.78, 5) is 10.9. The molecule has 0 saturated heterocycles. The van der Waals surface area contributed by atoms with Gasteiger partial charge in [0.15, 0.2) is 5.82 Å². The molecule has 5 nitrogen and oxygen atoms in total. The van der Waals surface area contributed by atoms with E-state index in [0.29, 0.717) is 0 Å². The van der Waals surface area contributed by atoms with Crippen LogP contribution in [0.25, 0.3) is 5.69 Å². The normalized spacial score (nSPS) is 9.89. The molecule has 0 aliphatic rings. The third-order valence-electron chi connectivity index (χ3n) is 2.31. The number of anilines is 1. The van der Waals surface area contributed by atoms with E-state index in [1.807, 2.05) is 0 Å². The van der Waals surface area contributed by atoms with Crippen molar-refractivity contribution >= 4 is 24.1 Å². The second-order valence-corrected chi connectivity index (χ2v) is 3.66. The van der Waals surface area contributed by atoms with Gasteiger partial charge in [-0.25, -0.2) is 13.9 Å². The monoisotopic (exact) mass is 271 g/mol. The highest BCUT2D eigenvalue weighted by molar-refractivity contribution is 5.94. The molecular formula is C11H11ClFN3O2. The summed E-state index contributed by atoms with van der Waals surface area (Å²) in [7, 11) is 0. The molecule has 0 radical (unpaired) electrons. The molecule has 0 atom stereocenters. The van der Waals surface area contributed by atoms with Gasteiger partial charge in [0, 0.05) is 11.9 Å². The number of aromatic nitrogens is 2. The molecule has 7 heteroatoms. The summed E-state index contributed by atoms with van der Waals surface area (Å²) >= 11 is 0. The summed E-state index contributed by atoms with van der Waals surface area (Å²) in [6.45, 7) is 1.80. The summed E-state index contributed by atoms with van der Waals surface area (Å²) < 4.78 is 14.9. The summed E-state index contributed by atoms with van der Waals surface area (Å²) in [5.41, 5.74) is 6.08. The van der Waals surface area contributed by atoms with E-state index in [1.165, 1.54) is 10.7 Å². The van der Waals surface area contributed by atoms with Crippen molar-refractivity contribution in [3.8, 4) is 5.69 Å². The quantitative estimate of drug-likeness (QED) is 0.819. The number of nitrogen functional groups attached to an aromatic ring is 1. The van der Waals surface area contributed by atoms with Gasteiger partial charge in [0.2, 0.25) is 0 Å². The lowest BCUT2D eigenvalue weighted by molar-refractivity contribution is 0.0698. The summed E-state index contributed by atoms with van der Waals surface area (Å²) in [6.07, 6.45) is 3.15. The van der Waals surface area contributed by atoms with E-state index in [1.54, 1.807) is 19.3 Å². The number of aromatic carboxylic acids is 1. The first kappa shape index (κ1) is 14.0. The van der Waals surface area contributed by atoms with Crippen molar-refractivity contribution in [2.24, 2.45) is 0 Å². The van der Waals surface area contributed by atoms with Gasteiger partial charge in [0.05, 0.1) is 11.8 Å². The van der Waals surface area contributed by atoms with Crippen LogP contribution in [0, 0.1) is 12.7 Å². The van der Waals surface area contributed by atoms with Crippen molar-refractivity contribution in [2.75, 3.05) is 5.73 Å². The number of hydrogen-bond donors (Lipinski definition) is 2. The van der Waals surface area contributed by atoms with Crippen LogP contribution in [0.1, 0.15) is 15.9 Å². The van der Waals surface area contributed by atoms with E-state index in [4.69, 9.17) is 10.8 Å². The lowest BCUT2D eigenvalue weighted by Crippen LogP contribution is -2.07. The maximum atomic E-state index is 13.7. The second kappa shape index (κ2) is 5.05. The van der Waals surface area contributed by atoms with Gasteiger partial charge in [-0.3, -0.25) is 0 Å². The molecule has 1 aromatic heterocycles. The Morgan fingerprint density at radius 2 is 2.17 bits per heavy atom. The lowest BCUT2D eigenvalue weighted by atomic mass is 10.1. The summed E-state index contributed by atoms with van der Waals surface area (Å²) in [5, 5.41) is 12.8. The highest BCUT2D eigenvalue weighted by Gasteiger charge is 2.14. The van der Waals surface area contributed by atoms with Gasteiger partial charge in [-0.05, 0) is 24.6 Å². The molecule has 0 fully saturated rings. The standard InChI is InChI=1S/C11H10FN3O2.ClH/c1-6-4-14-15(5-6)10-2-7(11(16)17)9(13)3-8(10)12;/h2-5H,13H2,1H3,(H,16,17);1H. The van der Waals surface area contributed by atoms with Gasteiger partial charge in [-0.1, -0.05) is 0 Å². The molecule has 0 aliphatic heterocycles. The van der Waals surface area contributed by atoms with Crippen LogP contribution in [0.2, 0.25) is 0 Å². The zero-order chi connectivity index (χ0) is 12.6. The van der Waals surface area contributed by atoms with Crippen molar-refractivity contribution in [3.05, 3.63) is 41.5 Å². The van der Waals surface area contributed by atoms with Crippen LogP contribution >= 0.6 is 12.4 Å². The number of carboxylic acid groups (broad SMARTS) is 1. The van der Waals surface area contributed by atoms with Crippen molar-refractivity contribution in [3.63, 3.8) is 0 Å². The number of rotatable bonds is 2. The Bertz CT molecular complexity index is 598. The van der Waals surface area contributed by atoms with Crippen molar-refractivity contribution < 1.29 is 14.3 Å². The van der Waals surface area contributed by atoms with Crippen LogP contribution in [-0.4, -0.2) is 20.9 Å². The Balaban J connectivity index is 0.00000162. The van der Waals surface area contributed by atoms with Crippen LogP contribution in [0.5, 0.6) is 0 Å². The van der Waals surface area contributed by atoms with Crippen molar-refractivity contribution in [1.82, 2.24) is 9.78 Å². The Hall–Kier alpha value is -2.08. The van der Waals surface area contributed by atoms with Crippen LogP contribution in [-0.2, 0) is 0 Å². The zero-order valence-corrected chi connectivity index (χ0v) is 10.2. The first-order valence-corrected chi connectivity index (χ1v) is 4.83. The molecule has 2 aromatic rings. The smallest absolute Gasteiger partial charge is 0.337 e. The fraction of sp³-hybridized carbons (Fsp3) is 0.0909. The predicted molar refractivity (Wildman–Crippen MR) is 66.9 cm³/mol. The molecule has 0 spiro atoms. The van der Waals surface area contributed by atoms with E-state index in [2.05, 4.69) is 5.10 Å². The number of benzene rings is 1. The van der Waals surface area contributed by atoms with Gasteiger partial charge < -0.3 is 10.8 Å². The SMILES string of the molecule is Cc1cnn(-c2cc(C(=O)O)c(N)cc2F)c1.Cl. The van der Waals surface area contributed by atoms with Crippen LogP contribution in [0.3, 0.4) is 0 Å². The van der Waals surface area contributed by atoms with E-state index in [0.717, 1.165) is 11.6 Å². The first-order valence-electron chi connectivity index (χ1n) is 4.83. The molecule has 0 amide bonds. The minimum atomic E-state index is -1.20. The predicted octanol–water partition coefficient (Wildman–Crippen LogP) is 2.02. The zero-order valence-electron chi connectivity index (χ0n) is 9.42. The molecule has 1 aromatic carbocycles. The molecule has 1 heterocycles. The van der Waals surface area contributed by atoms with Crippen LogP contribution in [0.4, 0.5) is 10.1 Å². The maximum absolute atomic E-state index is 13.7. The number of hydrogen-bond acceptors (Lipinski definition) is 3. The molecular weight excluding hydrogens is 261 g/mol. The topological polar surface area (TPSA) is 81.1 Å². The van der Waals surface area contributed by atoms with Crippen molar-refractivity contribution in [2.45, 2.75) is 6.92 Å². The number of nitrogens with zero attached hydrogens (tertiary/aromatic N) is 2. The third kappa shape index (κ3) is 2.43. The average Bonchev–Trinajstić information content (AvgIpc) is 2.64. The Labute approximate surface area is 108 Å². The van der Waals surface area contributed by atoms with Crippen LogP contribution in [0.15, 0.2) is 24.5 Å². The molecule has 18 heavy (non-hydrogen) atoms. The van der Waals surface area contributed by atoms with Gasteiger partial charge >= 0.3 is 5.97 Å².